The van der Waals surface area contributed by atoms with Gasteiger partial charge in [-0.3, -0.25) is 0 Å². The normalized spacial score (nSPS) is 19.9. The van der Waals surface area contributed by atoms with Gasteiger partial charge in [-0.15, -0.1) is 0 Å². The van der Waals surface area contributed by atoms with E-state index in [4.69, 9.17) is 0 Å². The Labute approximate surface area is 150 Å². The van der Waals surface area contributed by atoms with E-state index >= 15 is 0 Å². The van der Waals surface area contributed by atoms with E-state index in [-0.39, 0.29) is 6.03 Å². The molecule has 0 atom stereocenters. The van der Waals surface area contributed by atoms with E-state index < -0.39 is 10.0 Å². The number of rotatable bonds is 3. The van der Waals surface area contributed by atoms with Crippen molar-refractivity contribution in [3.63, 3.8) is 0 Å². The van der Waals surface area contributed by atoms with Crippen molar-refractivity contribution in [2.75, 3.05) is 39.3 Å². The third-order valence-electron chi connectivity index (χ3n) is 5.11. The first kappa shape index (κ1) is 18.2. The molecule has 25 heavy (non-hydrogen) atoms. The minimum Gasteiger partial charge on any atom is -0.325 e. The van der Waals surface area contributed by atoms with Gasteiger partial charge in [-0.1, -0.05) is 19.1 Å². The first-order valence-electron chi connectivity index (χ1n) is 9.15. The van der Waals surface area contributed by atoms with Crippen LogP contribution in [-0.4, -0.2) is 67.8 Å². The Bertz CT molecular complexity index is 689. The molecule has 0 radical (unpaired) electrons. The molecule has 138 valence electrons. The fourth-order valence-corrected chi connectivity index (χ4v) is 4.87. The fourth-order valence-electron chi connectivity index (χ4n) is 3.45. The molecule has 0 N–H and O–H groups in total. The van der Waals surface area contributed by atoms with Crippen molar-refractivity contribution in [1.82, 2.24) is 14.1 Å². The zero-order chi connectivity index (χ0) is 17.9. The fraction of sp³-hybridized carbons (Fsp3) is 0.611. The highest BCUT2D eigenvalue weighted by molar-refractivity contribution is 7.89. The van der Waals surface area contributed by atoms with Crippen molar-refractivity contribution < 1.29 is 13.2 Å². The van der Waals surface area contributed by atoms with E-state index in [1.165, 1.54) is 10.7 Å². The van der Waals surface area contributed by atoms with Crippen LogP contribution in [0.2, 0.25) is 0 Å². The number of likely N-dealkylation sites (tertiary alicyclic amines) is 1. The summed E-state index contributed by atoms with van der Waals surface area (Å²) in [5.74, 6) is 0. The molecule has 1 aromatic carbocycles. The number of piperidine rings is 1. The van der Waals surface area contributed by atoms with E-state index in [0.717, 1.165) is 37.9 Å². The quantitative estimate of drug-likeness (QED) is 0.825. The van der Waals surface area contributed by atoms with Crippen molar-refractivity contribution in [3.05, 3.63) is 29.8 Å². The number of carbonyl (C=O) groups excluding carboxylic acids is 1. The second kappa shape index (κ2) is 7.74. The molecule has 3 rings (SSSR count). The Hall–Kier alpha value is -1.60. The maximum atomic E-state index is 12.8. The van der Waals surface area contributed by atoms with Crippen LogP contribution in [0, 0.1) is 0 Å². The first-order valence-corrected chi connectivity index (χ1v) is 10.6. The highest BCUT2D eigenvalue weighted by Crippen LogP contribution is 2.19. The number of hydrogen-bond acceptors (Lipinski definition) is 3. The summed E-state index contributed by atoms with van der Waals surface area (Å²) >= 11 is 0. The summed E-state index contributed by atoms with van der Waals surface area (Å²) < 4.78 is 27.0. The number of sulfonamides is 1. The number of hydrogen-bond donors (Lipinski definition) is 0. The molecule has 0 spiro atoms. The molecule has 0 aliphatic carbocycles. The summed E-state index contributed by atoms with van der Waals surface area (Å²) in [5.41, 5.74) is 1.12. The van der Waals surface area contributed by atoms with Gasteiger partial charge in [0.15, 0.2) is 0 Å². The van der Waals surface area contributed by atoms with Gasteiger partial charge in [0.2, 0.25) is 10.0 Å². The number of urea groups is 1. The van der Waals surface area contributed by atoms with Crippen LogP contribution in [0.1, 0.15) is 31.7 Å². The third-order valence-corrected chi connectivity index (χ3v) is 7.02. The van der Waals surface area contributed by atoms with Crippen LogP contribution in [0.5, 0.6) is 0 Å². The topological polar surface area (TPSA) is 60.9 Å². The minimum absolute atomic E-state index is 0.0593. The average molecular weight is 365 g/mol. The molecular weight excluding hydrogens is 338 g/mol. The number of benzene rings is 1. The molecule has 2 fully saturated rings. The van der Waals surface area contributed by atoms with Crippen LogP contribution >= 0.6 is 0 Å². The molecule has 0 aromatic heterocycles. The van der Waals surface area contributed by atoms with Gasteiger partial charge in [0.1, 0.15) is 0 Å². The Morgan fingerprint density at radius 2 is 1.44 bits per heavy atom. The van der Waals surface area contributed by atoms with Crippen LogP contribution in [0.4, 0.5) is 4.79 Å². The summed E-state index contributed by atoms with van der Waals surface area (Å²) in [7, 11) is -3.48. The molecule has 0 unspecified atom stereocenters. The predicted molar refractivity (Wildman–Crippen MR) is 97.0 cm³/mol. The zero-order valence-electron chi connectivity index (χ0n) is 14.9. The molecule has 2 amide bonds. The van der Waals surface area contributed by atoms with Gasteiger partial charge in [0.05, 0.1) is 4.90 Å². The number of amides is 2. The zero-order valence-corrected chi connectivity index (χ0v) is 15.7. The number of piperazine rings is 1. The molecule has 7 heteroatoms. The van der Waals surface area contributed by atoms with E-state index in [9.17, 15) is 13.2 Å². The van der Waals surface area contributed by atoms with Gasteiger partial charge in [-0.05, 0) is 43.4 Å². The molecule has 2 saturated heterocycles. The van der Waals surface area contributed by atoms with Crippen LogP contribution in [-0.2, 0) is 16.4 Å². The summed E-state index contributed by atoms with van der Waals surface area (Å²) in [6.45, 7) is 5.32. The first-order chi connectivity index (χ1) is 12.0. The maximum absolute atomic E-state index is 12.8. The lowest BCUT2D eigenvalue weighted by atomic mass is 10.1. The van der Waals surface area contributed by atoms with E-state index in [2.05, 4.69) is 0 Å². The summed E-state index contributed by atoms with van der Waals surface area (Å²) in [5, 5.41) is 0. The van der Waals surface area contributed by atoms with Crippen LogP contribution < -0.4 is 0 Å². The number of nitrogens with zero attached hydrogens (tertiary/aromatic N) is 3. The van der Waals surface area contributed by atoms with Gasteiger partial charge < -0.3 is 9.80 Å². The summed E-state index contributed by atoms with van der Waals surface area (Å²) in [6, 6.07) is 7.15. The molecule has 6 nitrogen and oxygen atoms in total. The highest BCUT2D eigenvalue weighted by Gasteiger charge is 2.31. The lowest BCUT2D eigenvalue weighted by molar-refractivity contribution is 0.126. The Morgan fingerprint density at radius 1 is 0.880 bits per heavy atom. The van der Waals surface area contributed by atoms with E-state index in [0.29, 0.717) is 31.1 Å². The summed E-state index contributed by atoms with van der Waals surface area (Å²) in [4.78, 5) is 16.6. The lowest BCUT2D eigenvalue weighted by Crippen LogP contribution is -2.54. The molecule has 2 heterocycles. The van der Waals surface area contributed by atoms with Crippen molar-refractivity contribution in [2.45, 2.75) is 37.5 Å². The highest BCUT2D eigenvalue weighted by atomic mass is 32.2. The van der Waals surface area contributed by atoms with Gasteiger partial charge in [0.25, 0.3) is 0 Å². The SMILES string of the molecule is CCc1ccc(S(=O)(=O)N2CCN(C(=O)N3CCCCC3)CC2)cc1. The Morgan fingerprint density at radius 3 is 2.00 bits per heavy atom. The molecule has 0 bridgehead atoms. The lowest BCUT2D eigenvalue weighted by Gasteiger charge is -2.38. The predicted octanol–water partition coefficient (Wildman–Crippen LogP) is 2.16. The van der Waals surface area contributed by atoms with Crippen molar-refractivity contribution in [2.24, 2.45) is 0 Å². The van der Waals surface area contributed by atoms with Gasteiger partial charge >= 0.3 is 6.03 Å². The number of aryl methyl sites for hydroxylation is 1. The smallest absolute Gasteiger partial charge is 0.320 e. The van der Waals surface area contributed by atoms with Gasteiger partial charge in [-0.2, -0.15) is 4.31 Å². The van der Waals surface area contributed by atoms with Crippen molar-refractivity contribution in [1.29, 1.82) is 0 Å². The Balaban J connectivity index is 1.61. The van der Waals surface area contributed by atoms with Crippen LogP contribution in [0.15, 0.2) is 29.2 Å². The van der Waals surface area contributed by atoms with Crippen LogP contribution in [0.3, 0.4) is 0 Å². The van der Waals surface area contributed by atoms with E-state index in [1.54, 1.807) is 17.0 Å². The van der Waals surface area contributed by atoms with Crippen LogP contribution in [0.25, 0.3) is 0 Å². The molecule has 2 aliphatic heterocycles. The summed E-state index contributed by atoms with van der Waals surface area (Å²) in [6.07, 6.45) is 4.20. The van der Waals surface area contributed by atoms with Gasteiger partial charge in [0, 0.05) is 39.3 Å². The van der Waals surface area contributed by atoms with Crippen molar-refractivity contribution >= 4 is 16.1 Å². The molecule has 2 aliphatic rings. The van der Waals surface area contributed by atoms with Crippen molar-refractivity contribution in [3.8, 4) is 0 Å². The average Bonchev–Trinajstić information content (AvgIpc) is 2.68. The Kier molecular flexibility index (Phi) is 5.64. The van der Waals surface area contributed by atoms with E-state index in [1.807, 2.05) is 24.0 Å². The standard InChI is InChI=1S/C18H27N3O3S/c1-2-16-6-8-17(9-7-16)25(23,24)21-14-12-20(13-15-21)18(22)19-10-4-3-5-11-19/h6-9H,2-5,10-15H2,1H3. The second-order valence-electron chi connectivity index (χ2n) is 6.72. The second-order valence-corrected chi connectivity index (χ2v) is 8.66. The maximum Gasteiger partial charge on any atom is 0.320 e. The third kappa shape index (κ3) is 3.98. The monoisotopic (exact) mass is 365 g/mol. The molecule has 0 saturated carbocycles. The number of carbonyl (C=O) groups is 1. The largest absolute Gasteiger partial charge is 0.325 e. The molecule has 1 aromatic rings. The minimum atomic E-state index is -3.48. The molecular formula is C18H27N3O3S. The van der Waals surface area contributed by atoms with Gasteiger partial charge in [-0.25, -0.2) is 13.2 Å².